The van der Waals surface area contributed by atoms with Crippen molar-refractivity contribution in [3.05, 3.63) is 33.9 Å². The standard InChI is InChI=1S/C17H23F2N3O3/c1-25-16-10-12(2-3-14(16)22(23)24)15-11-17(18,19)6-9-21(15)13-4-7-20-8-5-13/h2-3,10,13,15,20H,4-9,11H2,1H3/t15-/m1/s1. The van der Waals surface area contributed by atoms with Gasteiger partial charge in [-0.05, 0) is 37.6 Å². The molecule has 0 amide bonds. The minimum absolute atomic E-state index is 0.113. The molecular weight excluding hydrogens is 332 g/mol. The number of nitro benzene ring substituents is 1. The quantitative estimate of drug-likeness (QED) is 0.664. The molecule has 2 aliphatic heterocycles. The minimum atomic E-state index is -2.72. The largest absolute Gasteiger partial charge is 0.490 e. The average Bonchev–Trinajstić information content (AvgIpc) is 2.61. The SMILES string of the molecule is COc1cc([C@H]2CC(F)(F)CCN2C2CCNCC2)ccc1[N+](=O)[O-]. The van der Waals surface area contributed by atoms with Crippen molar-refractivity contribution in [3.63, 3.8) is 0 Å². The molecule has 0 saturated carbocycles. The minimum Gasteiger partial charge on any atom is -0.490 e. The number of alkyl halides is 2. The number of ether oxygens (including phenoxy) is 1. The van der Waals surface area contributed by atoms with Crippen molar-refractivity contribution in [3.8, 4) is 5.75 Å². The first-order chi connectivity index (χ1) is 11.9. The van der Waals surface area contributed by atoms with Crippen molar-refractivity contribution in [1.29, 1.82) is 0 Å². The number of benzene rings is 1. The highest BCUT2D eigenvalue weighted by Crippen LogP contribution is 2.43. The van der Waals surface area contributed by atoms with Crippen LogP contribution in [0.4, 0.5) is 14.5 Å². The van der Waals surface area contributed by atoms with E-state index in [4.69, 9.17) is 4.74 Å². The molecule has 2 fully saturated rings. The van der Waals surface area contributed by atoms with Gasteiger partial charge in [-0.15, -0.1) is 0 Å². The smallest absolute Gasteiger partial charge is 0.310 e. The van der Waals surface area contributed by atoms with Crippen molar-refractivity contribution >= 4 is 5.69 Å². The topological polar surface area (TPSA) is 67.6 Å². The molecule has 2 aliphatic rings. The Hall–Kier alpha value is -1.80. The summed E-state index contributed by atoms with van der Waals surface area (Å²) in [5.41, 5.74) is 0.502. The molecule has 2 saturated heterocycles. The fourth-order valence-corrected chi connectivity index (χ4v) is 3.89. The summed E-state index contributed by atoms with van der Waals surface area (Å²) in [6, 6.07) is 4.27. The third-order valence-electron chi connectivity index (χ3n) is 5.19. The Labute approximate surface area is 145 Å². The molecule has 0 aliphatic carbocycles. The number of nitrogens with zero attached hydrogens (tertiary/aromatic N) is 2. The van der Waals surface area contributed by atoms with Gasteiger partial charge in [0, 0.05) is 37.5 Å². The van der Waals surface area contributed by atoms with Crippen LogP contribution >= 0.6 is 0 Å². The normalized spacial score (nSPS) is 24.8. The molecule has 6 nitrogen and oxygen atoms in total. The summed E-state index contributed by atoms with van der Waals surface area (Å²) in [6.45, 7) is 2.10. The second-order valence-corrected chi connectivity index (χ2v) is 6.73. The number of hydrogen-bond acceptors (Lipinski definition) is 5. The van der Waals surface area contributed by atoms with E-state index < -0.39 is 16.9 Å². The Morgan fingerprint density at radius 1 is 1.36 bits per heavy atom. The Morgan fingerprint density at radius 2 is 2.08 bits per heavy atom. The van der Waals surface area contributed by atoms with Crippen LogP contribution in [-0.2, 0) is 0 Å². The molecular formula is C17H23F2N3O3. The number of methoxy groups -OCH3 is 1. The second-order valence-electron chi connectivity index (χ2n) is 6.73. The molecule has 0 aromatic heterocycles. The molecule has 1 aromatic carbocycles. The Morgan fingerprint density at radius 3 is 2.72 bits per heavy atom. The zero-order chi connectivity index (χ0) is 18.0. The molecule has 25 heavy (non-hydrogen) atoms. The van der Waals surface area contributed by atoms with E-state index in [1.165, 1.54) is 19.2 Å². The number of rotatable bonds is 4. The van der Waals surface area contributed by atoms with Crippen molar-refractivity contribution < 1.29 is 18.4 Å². The highest BCUT2D eigenvalue weighted by atomic mass is 19.3. The lowest BCUT2D eigenvalue weighted by molar-refractivity contribution is -0.385. The predicted molar refractivity (Wildman–Crippen MR) is 89.2 cm³/mol. The van der Waals surface area contributed by atoms with E-state index in [1.807, 2.05) is 0 Å². The van der Waals surface area contributed by atoms with E-state index in [1.54, 1.807) is 6.07 Å². The highest BCUT2D eigenvalue weighted by molar-refractivity contribution is 5.49. The van der Waals surface area contributed by atoms with E-state index in [0.717, 1.165) is 25.9 Å². The van der Waals surface area contributed by atoms with Crippen LogP contribution in [0.3, 0.4) is 0 Å². The molecule has 0 bridgehead atoms. The van der Waals surface area contributed by atoms with Gasteiger partial charge in [0.1, 0.15) is 0 Å². The Bertz CT molecular complexity index is 636. The van der Waals surface area contributed by atoms with Gasteiger partial charge < -0.3 is 10.1 Å². The number of nitro groups is 1. The fourth-order valence-electron chi connectivity index (χ4n) is 3.89. The van der Waals surface area contributed by atoms with Gasteiger partial charge in [0.05, 0.1) is 12.0 Å². The number of halogens is 2. The predicted octanol–water partition coefficient (Wildman–Crippen LogP) is 3.13. The molecule has 0 spiro atoms. The van der Waals surface area contributed by atoms with E-state index in [0.29, 0.717) is 12.1 Å². The van der Waals surface area contributed by atoms with Gasteiger partial charge in [-0.25, -0.2) is 8.78 Å². The summed E-state index contributed by atoms with van der Waals surface area (Å²) in [6.07, 6.45) is 1.44. The van der Waals surface area contributed by atoms with Crippen molar-refractivity contribution in [2.24, 2.45) is 0 Å². The maximum atomic E-state index is 14.1. The lowest BCUT2D eigenvalue weighted by Gasteiger charge is -2.45. The van der Waals surface area contributed by atoms with Crippen LogP contribution < -0.4 is 10.1 Å². The molecule has 0 radical (unpaired) electrons. The van der Waals surface area contributed by atoms with E-state index in [-0.39, 0.29) is 30.3 Å². The van der Waals surface area contributed by atoms with Crippen LogP contribution in [0.25, 0.3) is 0 Å². The summed E-state index contributed by atoms with van der Waals surface area (Å²) < 4.78 is 33.3. The highest BCUT2D eigenvalue weighted by Gasteiger charge is 2.43. The molecule has 3 rings (SSSR count). The molecule has 1 aromatic rings. The van der Waals surface area contributed by atoms with Crippen LogP contribution in [0.2, 0.25) is 0 Å². The zero-order valence-corrected chi connectivity index (χ0v) is 14.2. The number of likely N-dealkylation sites (tertiary alicyclic amines) is 1. The molecule has 2 heterocycles. The van der Waals surface area contributed by atoms with Crippen LogP contribution in [-0.4, -0.2) is 48.5 Å². The van der Waals surface area contributed by atoms with Crippen LogP contribution in [0.5, 0.6) is 5.75 Å². The summed E-state index contributed by atoms with van der Waals surface area (Å²) in [4.78, 5) is 12.7. The molecule has 1 N–H and O–H groups in total. The van der Waals surface area contributed by atoms with Crippen LogP contribution in [0.15, 0.2) is 18.2 Å². The summed E-state index contributed by atoms with van der Waals surface area (Å²) in [5.74, 6) is -2.61. The lowest BCUT2D eigenvalue weighted by atomic mass is 9.89. The molecule has 0 unspecified atom stereocenters. The first kappa shape index (κ1) is 18.0. The molecule has 8 heteroatoms. The van der Waals surface area contributed by atoms with Gasteiger partial charge in [-0.1, -0.05) is 6.07 Å². The lowest BCUT2D eigenvalue weighted by Crippen LogP contribution is -2.50. The maximum absolute atomic E-state index is 14.1. The zero-order valence-electron chi connectivity index (χ0n) is 14.2. The fraction of sp³-hybridized carbons (Fsp3) is 0.647. The van der Waals surface area contributed by atoms with Gasteiger partial charge in [-0.2, -0.15) is 0 Å². The van der Waals surface area contributed by atoms with Crippen LogP contribution in [0, 0.1) is 10.1 Å². The van der Waals surface area contributed by atoms with Crippen molar-refractivity contribution in [2.45, 2.75) is 43.7 Å². The first-order valence-corrected chi connectivity index (χ1v) is 8.58. The summed E-state index contributed by atoms with van der Waals surface area (Å²) >= 11 is 0. The summed E-state index contributed by atoms with van der Waals surface area (Å²) in [5, 5.41) is 14.4. The van der Waals surface area contributed by atoms with E-state index in [9.17, 15) is 18.9 Å². The Balaban J connectivity index is 1.92. The van der Waals surface area contributed by atoms with Crippen molar-refractivity contribution in [2.75, 3.05) is 26.7 Å². The van der Waals surface area contributed by atoms with Gasteiger partial charge >= 0.3 is 5.69 Å². The van der Waals surface area contributed by atoms with E-state index in [2.05, 4.69) is 10.2 Å². The average molecular weight is 355 g/mol. The third kappa shape index (κ3) is 3.90. The molecule has 1 atom stereocenters. The molecule has 138 valence electrons. The number of nitrogens with one attached hydrogen (secondary N) is 1. The maximum Gasteiger partial charge on any atom is 0.310 e. The van der Waals surface area contributed by atoms with Gasteiger partial charge in [-0.3, -0.25) is 15.0 Å². The second kappa shape index (κ2) is 7.21. The third-order valence-corrected chi connectivity index (χ3v) is 5.19. The number of piperidine rings is 2. The monoisotopic (exact) mass is 355 g/mol. The number of hydrogen-bond donors (Lipinski definition) is 1. The van der Waals surface area contributed by atoms with Crippen LogP contribution in [0.1, 0.15) is 37.3 Å². The van der Waals surface area contributed by atoms with E-state index >= 15 is 0 Å². The first-order valence-electron chi connectivity index (χ1n) is 8.58. The van der Waals surface area contributed by atoms with Gasteiger partial charge in [0.15, 0.2) is 5.75 Å². The van der Waals surface area contributed by atoms with Crippen molar-refractivity contribution in [1.82, 2.24) is 10.2 Å². The van der Waals surface area contributed by atoms with Gasteiger partial charge in [0.25, 0.3) is 5.92 Å². The Kier molecular flexibility index (Phi) is 5.19. The summed E-state index contributed by atoms with van der Waals surface area (Å²) in [7, 11) is 1.35. The van der Waals surface area contributed by atoms with Gasteiger partial charge in [0.2, 0.25) is 0 Å².